The van der Waals surface area contributed by atoms with Gasteiger partial charge in [-0.05, 0) is 12.1 Å². The van der Waals surface area contributed by atoms with Crippen molar-refractivity contribution < 1.29 is 0 Å². The SMILES string of the molecule is CC(C)(C)c1[nH]ncc1CNCc1cccnc1-n1cccn1. The smallest absolute Gasteiger partial charge is 0.157 e. The molecule has 3 aromatic heterocycles. The summed E-state index contributed by atoms with van der Waals surface area (Å²) in [6, 6.07) is 5.91. The minimum atomic E-state index is 0.0576. The number of aromatic amines is 1. The molecule has 6 heteroatoms. The molecule has 23 heavy (non-hydrogen) atoms. The average molecular weight is 310 g/mol. The molecule has 0 saturated heterocycles. The van der Waals surface area contributed by atoms with Crippen LogP contribution in [0.5, 0.6) is 0 Å². The maximum Gasteiger partial charge on any atom is 0.157 e. The van der Waals surface area contributed by atoms with E-state index in [2.05, 4.69) is 52.4 Å². The minimum absolute atomic E-state index is 0.0576. The van der Waals surface area contributed by atoms with Gasteiger partial charge in [-0.1, -0.05) is 26.8 Å². The number of hydrogen-bond acceptors (Lipinski definition) is 4. The second-order valence-corrected chi connectivity index (χ2v) is 6.56. The van der Waals surface area contributed by atoms with Crippen molar-refractivity contribution >= 4 is 0 Å². The van der Waals surface area contributed by atoms with Gasteiger partial charge in [0.15, 0.2) is 5.82 Å². The number of nitrogens with one attached hydrogen (secondary N) is 2. The molecular weight excluding hydrogens is 288 g/mol. The van der Waals surface area contributed by atoms with Gasteiger partial charge in [0.05, 0.1) is 6.20 Å². The molecule has 0 aliphatic heterocycles. The van der Waals surface area contributed by atoms with Crippen LogP contribution in [0.2, 0.25) is 0 Å². The Morgan fingerprint density at radius 3 is 2.70 bits per heavy atom. The third-order valence-corrected chi connectivity index (χ3v) is 3.69. The summed E-state index contributed by atoms with van der Waals surface area (Å²) in [5, 5.41) is 15.0. The van der Waals surface area contributed by atoms with E-state index in [-0.39, 0.29) is 5.41 Å². The standard InChI is InChI=1S/C17H22N6/c1-17(2,3)15-14(12-20-22-15)11-18-10-13-6-4-7-19-16(13)23-9-5-8-21-23/h4-9,12,18H,10-11H2,1-3H3,(H,20,22). The van der Waals surface area contributed by atoms with Crippen molar-refractivity contribution in [3.8, 4) is 5.82 Å². The summed E-state index contributed by atoms with van der Waals surface area (Å²) in [6.07, 6.45) is 7.34. The fourth-order valence-corrected chi connectivity index (χ4v) is 2.59. The molecule has 0 aliphatic carbocycles. The fraction of sp³-hybridized carbons (Fsp3) is 0.353. The van der Waals surface area contributed by atoms with Crippen molar-refractivity contribution in [2.75, 3.05) is 0 Å². The summed E-state index contributed by atoms with van der Waals surface area (Å²) in [6.45, 7) is 8.02. The van der Waals surface area contributed by atoms with Gasteiger partial charge in [0.25, 0.3) is 0 Å². The zero-order chi connectivity index (χ0) is 16.3. The molecule has 3 rings (SSSR count). The van der Waals surface area contributed by atoms with Crippen molar-refractivity contribution in [1.29, 1.82) is 0 Å². The predicted molar refractivity (Wildman–Crippen MR) is 89.2 cm³/mol. The summed E-state index contributed by atoms with van der Waals surface area (Å²) in [7, 11) is 0. The molecule has 0 atom stereocenters. The first-order chi connectivity index (χ1) is 11.1. The Hall–Kier alpha value is -2.47. The van der Waals surface area contributed by atoms with Gasteiger partial charge >= 0.3 is 0 Å². The van der Waals surface area contributed by atoms with Crippen LogP contribution in [-0.2, 0) is 18.5 Å². The zero-order valence-electron chi connectivity index (χ0n) is 13.7. The molecule has 0 bridgehead atoms. The summed E-state index contributed by atoms with van der Waals surface area (Å²) in [5.41, 5.74) is 3.53. The summed E-state index contributed by atoms with van der Waals surface area (Å²) >= 11 is 0. The molecule has 0 unspecified atom stereocenters. The second kappa shape index (κ2) is 6.34. The molecule has 0 fully saturated rings. The third-order valence-electron chi connectivity index (χ3n) is 3.69. The van der Waals surface area contributed by atoms with Gasteiger partial charge in [0, 0.05) is 53.9 Å². The molecule has 3 aromatic rings. The molecule has 2 N–H and O–H groups in total. The first-order valence-electron chi connectivity index (χ1n) is 7.73. The highest BCUT2D eigenvalue weighted by Gasteiger charge is 2.19. The van der Waals surface area contributed by atoms with E-state index in [1.807, 2.05) is 24.5 Å². The molecule has 0 amide bonds. The van der Waals surface area contributed by atoms with Gasteiger partial charge in [-0.25, -0.2) is 9.67 Å². The Balaban J connectivity index is 1.70. The van der Waals surface area contributed by atoms with E-state index in [1.54, 1.807) is 17.1 Å². The van der Waals surface area contributed by atoms with E-state index in [0.29, 0.717) is 0 Å². The van der Waals surface area contributed by atoms with Crippen molar-refractivity contribution in [2.24, 2.45) is 0 Å². The number of pyridine rings is 1. The second-order valence-electron chi connectivity index (χ2n) is 6.56. The number of aromatic nitrogens is 5. The van der Waals surface area contributed by atoms with Crippen molar-refractivity contribution in [3.63, 3.8) is 0 Å². The van der Waals surface area contributed by atoms with Crippen LogP contribution < -0.4 is 5.32 Å². The molecule has 0 radical (unpaired) electrons. The Labute approximate surface area is 136 Å². The lowest BCUT2D eigenvalue weighted by molar-refractivity contribution is 0.553. The van der Waals surface area contributed by atoms with Gasteiger partial charge in [-0.2, -0.15) is 10.2 Å². The van der Waals surface area contributed by atoms with Crippen molar-refractivity contribution in [3.05, 3.63) is 59.8 Å². The van der Waals surface area contributed by atoms with Gasteiger partial charge in [-0.3, -0.25) is 5.10 Å². The van der Waals surface area contributed by atoms with Gasteiger partial charge < -0.3 is 5.32 Å². The molecule has 0 aromatic carbocycles. The Bertz CT molecular complexity index is 751. The van der Waals surface area contributed by atoms with Crippen LogP contribution in [0.15, 0.2) is 43.0 Å². The van der Waals surface area contributed by atoms with E-state index in [0.717, 1.165) is 24.5 Å². The first-order valence-corrected chi connectivity index (χ1v) is 7.73. The molecular formula is C17H22N6. The zero-order valence-corrected chi connectivity index (χ0v) is 13.7. The quantitative estimate of drug-likeness (QED) is 0.760. The molecule has 0 aliphatic rings. The molecule has 0 saturated carbocycles. The normalized spacial score (nSPS) is 11.8. The highest BCUT2D eigenvalue weighted by Crippen LogP contribution is 2.23. The van der Waals surface area contributed by atoms with E-state index in [9.17, 15) is 0 Å². The average Bonchev–Trinajstić information content (AvgIpc) is 3.18. The molecule has 6 nitrogen and oxygen atoms in total. The molecule has 0 spiro atoms. The largest absolute Gasteiger partial charge is 0.308 e. The lowest BCUT2D eigenvalue weighted by Crippen LogP contribution is -2.19. The summed E-state index contributed by atoms with van der Waals surface area (Å²) in [4.78, 5) is 4.44. The number of nitrogens with zero attached hydrogens (tertiary/aromatic N) is 4. The van der Waals surface area contributed by atoms with E-state index in [1.165, 1.54) is 11.3 Å². The fourth-order valence-electron chi connectivity index (χ4n) is 2.59. The van der Waals surface area contributed by atoms with Crippen LogP contribution in [0.4, 0.5) is 0 Å². The topological polar surface area (TPSA) is 71.4 Å². The number of hydrogen-bond donors (Lipinski definition) is 2. The number of H-pyrrole nitrogens is 1. The Kier molecular flexibility index (Phi) is 4.25. The lowest BCUT2D eigenvalue weighted by atomic mass is 9.89. The van der Waals surface area contributed by atoms with Crippen LogP contribution >= 0.6 is 0 Å². The van der Waals surface area contributed by atoms with Gasteiger partial charge in [-0.15, -0.1) is 0 Å². The van der Waals surface area contributed by atoms with Gasteiger partial charge in [0.2, 0.25) is 0 Å². The van der Waals surface area contributed by atoms with Crippen LogP contribution in [-0.4, -0.2) is 25.0 Å². The summed E-state index contributed by atoms with van der Waals surface area (Å²) < 4.78 is 1.79. The van der Waals surface area contributed by atoms with E-state index in [4.69, 9.17) is 0 Å². The minimum Gasteiger partial charge on any atom is -0.308 e. The van der Waals surface area contributed by atoms with E-state index >= 15 is 0 Å². The van der Waals surface area contributed by atoms with E-state index < -0.39 is 0 Å². The molecule has 120 valence electrons. The lowest BCUT2D eigenvalue weighted by Gasteiger charge is -2.18. The van der Waals surface area contributed by atoms with Crippen molar-refractivity contribution in [2.45, 2.75) is 39.3 Å². The third kappa shape index (κ3) is 3.48. The monoisotopic (exact) mass is 310 g/mol. The Morgan fingerprint density at radius 1 is 1.13 bits per heavy atom. The predicted octanol–water partition coefficient (Wildman–Crippen LogP) is 2.58. The highest BCUT2D eigenvalue weighted by atomic mass is 15.3. The molecule has 3 heterocycles. The highest BCUT2D eigenvalue weighted by molar-refractivity contribution is 5.32. The number of rotatable bonds is 5. The van der Waals surface area contributed by atoms with Crippen LogP contribution in [0.3, 0.4) is 0 Å². The maximum absolute atomic E-state index is 4.44. The maximum atomic E-state index is 4.44. The van der Waals surface area contributed by atoms with Crippen LogP contribution in [0, 0.1) is 0 Å². The van der Waals surface area contributed by atoms with Gasteiger partial charge in [0.1, 0.15) is 0 Å². The van der Waals surface area contributed by atoms with Crippen molar-refractivity contribution in [1.82, 2.24) is 30.3 Å². The Morgan fingerprint density at radius 2 is 1.96 bits per heavy atom. The van der Waals surface area contributed by atoms with Crippen LogP contribution in [0.25, 0.3) is 5.82 Å². The first kappa shape index (κ1) is 15.4. The summed E-state index contributed by atoms with van der Waals surface area (Å²) in [5.74, 6) is 0.855. The van der Waals surface area contributed by atoms with Crippen LogP contribution in [0.1, 0.15) is 37.6 Å².